The molecule has 1 fully saturated rings. The van der Waals surface area contributed by atoms with Gasteiger partial charge in [0.15, 0.2) is 0 Å². The molecule has 0 spiro atoms. The lowest BCUT2D eigenvalue weighted by Crippen LogP contribution is -2.36. The molecule has 1 aliphatic carbocycles. The number of anilines is 2. The number of aromatic nitrogens is 3. The quantitative estimate of drug-likeness (QED) is 0.644. The molecule has 4 rings (SSSR count). The molecule has 138 valence electrons. The summed E-state index contributed by atoms with van der Waals surface area (Å²) >= 11 is 0. The lowest BCUT2D eigenvalue weighted by Gasteiger charge is -2.12. The highest BCUT2D eigenvalue weighted by atomic mass is 16.2. The maximum Gasteiger partial charge on any atom is 0.321 e. The van der Waals surface area contributed by atoms with Crippen LogP contribution in [0.25, 0.3) is 10.9 Å². The van der Waals surface area contributed by atoms with Gasteiger partial charge in [-0.2, -0.15) is 0 Å². The van der Waals surface area contributed by atoms with Crippen LogP contribution in [0.3, 0.4) is 0 Å². The Balaban J connectivity index is 1.43. The van der Waals surface area contributed by atoms with Gasteiger partial charge in [-0.1, -0.05) is 18.9 Å². The van der Waals surface area contributed by atoms with E-state index in [1.807, 2.05) is 36.4 Å². The molecule has 1 aromatic carbocycles. The summed E-state index contributed by atoms with van der Waals surface area (Å²) in [4.78, 5) is 25.1. The Morgan fingerprint density at radius 1 is 1.11 bits per heavy atom. The molecule has 1 saturated carbocycles. The van der Waals surface area contributed by atoms with Gasteiger partial charge >= 0.3 is 6.03 Å². The zero-order chi connectivity index (χ0) is 18.5. The van der Waals surface area contributed by atoms with E-state index in [0.29, 0.717) is 12.5 Å². The van der Waals surface area contributed by atoms with Gasteiger partial charge in [-0.15, -0.1) is 0 Å². The van der Waals surface area contributed by atoms with Gasteiger partial charge in [0.25, 0.3) is 0 Å². The summed E-state index contributed by atoms with van der Waals surface area (Å²) in [5.41, 5.74) is 2.67. The summed E-state index contributed by atoms with van der Waals surface area (Å²) in [6, 6.07) is 11.7. The van der Waals surface area contributed by atoms with E-state index in [4.69, 9.17) is 0 Å². The molecule has 1 aliphatic rings. The van der Waals surface area contributed by atoms with Crippen molar-refractivity contribution >= 4 is 28.6 Å². The molecule has 0 bridgehead atoms. The second kappa shape index (κ2) is 7.99. The Morgan fingerprint density at radius 3 is 2.81 bits per heavy atom. The summed E-state index contributed by atoms with van der Waals surface area (Å²) in [6.45, 7) is 0.631. The average Bonchev–Trinajstić information content (AvgIpc) is 3.19. The largest absolute Gasteiger partial charge is 0.379 e. The van der Waals surface area contributed by atoms with Crippen LogP contribution in [0, 0.1) is 0 Å². The third kappa shape index (κ3) is 4.49. The molecule has 2 heterocycles. The van der Waals surface area contributed by atoms with Crippen molar-refractivity contribution in [1.29, 1.82) is 0 Å². The van der Waals surface area contributed by atoms with Gasteiger partial charge < -0.3 is 10.6 Å². The fourth-order valence-corrected chi connectivity index (χ4v) is 3.28. The molecule has 0 radical (unpaired) electrons. The maximum absolute atomic E-state index is 12.1. The van der Waals surface area contributed by atoms with Crippen LogP contribution >= 0.6 is 0 Å². The average molecular weight is 362 g/mol. The van der Waals surface area contributed by atoms with Gasteiger partial charge in [0.2, 0.25) is 5.95 Å². The number of hydrogen-bond acceptors (Lipinski definition) is 5. The lowest BCUT2D eigenvalue weighted by molar-refractivity contribution is 0.248. The topological polar surface area (TPSA) is 91.8 Å². The Morgan fingerprint density at radius 2 is 2.00 bits per heavy atom. The molecule has 27 heavy (non-hydrogen) atoms. The minimum absolute atomic E-state index is 0.245. The van der Waals surface area contributed by atoms with Crippen LogP contribution in [-0.4, -0.2) is 27.0 Å². The summed E-state index contributed by atoms with van der Waals surface area (Å²) in [6.07, 6.45) is 7.92. The van der Waals surface area contributed by atoms with Crippen molar-refractivity contribution in [2.24, 2.45) is 0 Å². The fraction of sp³-hybridized carbons (Fsp3) is 0.300. The van der Waals surface area contributed by atoms with E-state index in [1.165, 1.54) is 12.8 Å². The number of pyridine rings is 1. The molecule has 2 amide bonds. The number of rotatable bonds is 5. The van der Waals surface area contributed by atoms with E-state index in [2.05, 4.69) is 30.9 Å². The van der Waals surface area contributed by atoms with Crippen LogP contribution in [0.5, 0.6) is 0 Å². The van der Waals surface area contributed by atoms with E-state index in [0.717, 1.165) is 35.1 Å². The molecule has 2 aromatic heterocycles. The van der Waals surface area contributed by atoms with E-state index < -0.39 is 0 Å². The van der Waals surface area contributed by atoms with Crippen LogP contribution in [0.15, 0.2) is 48.8 Å². The van der Waals surface area contributed by atoms with Crippen molar-refractivity contribution in [2.75, 3.05) is 10.6 Å². The number of carbonyl (C=O) groups is 1. The predicted molar refractivity (Wildman–Crippen MR) is 106 cm³/mol. The molecule has 3 aromatic rings. The Labute approximate surface area is 157 Å². The van der Waals surface area contributed by atoms with Crippen molar-refractivity contribution < 1.29 is 4.79 Å². The van der Waals surface area contributed by atoms with Gasteiger partial charge in [-0.05, 0) is 43.2 Å². The Kier molecular flexibility index (Phi) is 5.09. The second-order valence-electron chi connectivity index (χ2n) is 6.72. The zero-order valence-electron chi connectivity index (χ0n) is 15.0. The lowest BCUT2D eigenvalue weighted by atomic mass is 10.2. The third-order valence-electron chi connectivity index (χ3n) is 4.70. The van der Waals surface area contributed by atoms with Crippen molar-refractivity contribution in [2.45, 2.75) is 38.3 Å². The summed E-state index contributed by atoms with van der Waals surface area (Å²) in [7, 11) is 0. The van der Waals surface area contributed by atoms with Crippen molar-refractivity contribution in [3.8, 4) is 0 Å². The Hall–Kier alpha value is -3.22. The number of nitrogens with one attached hydrogen (secondary N) is 3. The monoisotopic (exact) mass is 362 g/mol. The van der Waals surface area contributed by atoms with Crippen LogP contribution < -0.4 is 16.0 Å². The van der Waals surface area contributed by atoms with Crippen molar-refractivity contribution in [3.05, 3.63) is 54.5 Å². The number of benzene rings is 1. The normalized spacial score (nSPS) is 14.2. The molecule has 0 unspecified atom stereocenters. The van der Waals surface area contributed by atoms with E-state index in [9.17, 15) is 4.79 Å². The van der Waals surface area contributed by atoms with E-state index >= 15 is 0 Å². The molecular weight excluding hydrogens is 340 g/mol. The number of hydrogen-bond donors (Lipinski definition) is 3. The predicted octanol–water partition coefficient (Wildman–Crippen LogP) is 3.70. The van der Waals surface area contributed by atoms with Gasteiger partial charge in [0.1, 0.15) is 0 Å². The SMILES string of the molecule is O=C(Nc1ncc2ccc(NCc3ccccn3)cc2n1)NC1CCCC1. The van der Waals surface area contributed by atoms with Gasteiger partial charge in [-0.3, -0.25) is 10.3 Å². The number of amides is 2. The first-order valence-corrected chi connectivity index (χ1v) is 9.24. The highest BCUT2D eigenvalue weighted by Crippen LogP contribution is 2.19. The fourth-order valence-electron chi connectivity index (χ4n) is 3.28. The maximum atomic E-state index is 12.1. The molecule has 7 heteroatoms. The first-order valence-electron chi connectivity index (χ1n) is 9.24. The molecule has 0 atom stereocenters. The standard InChI is InChI=1S/C20H22N6O/c27-20(24-15-5-1-2-6-15)26-19-23-12-14-8-9-16(11-18(14)25-19)22-13-17-7-3-4-10-21-17/h3-4,7-12,15,22H,1-2,5-6,13H2,(H2,23,24,25,26,27). The molecule has 7 nitrogen and oxygen atoms in total. The molecule has 3 N–H and O–H groups in total. The highest BCUT2D eigenvalue weighted by molar-refractivity contribution is 5.89. The minimum atomic E-state index is -0.245. The van der Waals surface area contributed by atoms with Gasteiger partial charge in [0, 0.05) is 29.5 Å². The number of nitrogens with zero attached hydrogens (tertiary/aromatic N) is 3. The molecular formula is C20H22N6O. The number of carbonyl (C=O) groups excluding carboxylic acids is 1. The zero-order valence-corrected chi connectivity index (χ0v) is 15.0. The summed E-state index contributed by atoms with van der Waals surface area (Å²) in [5, 5.41) is 9.97. The summed E-state index contributed by atoms with van der Waals surface area (Å²) < 4.78 is 0. The molecule has 0 aliphatic heterocycles. The van der Waals surface area contributed by atoms with Crippen molar-refractivity contribution in [3.63, 3.8) is 0 Å². The van der Waals surface area contributed by atoms with E-state index in [-0.39, 0.29) is 12.1 Å². The Bertz CT molecular complexity index is 924. The van der Waals surface area contributed by atoms with Crippen LogP contribution in [-0.2, 0) is 6.54 Å². The van der Waals surface area contributed by atoms with Gasteiger partial charge in [-0.25, -0.2) is 14.8 Å². The van der Waals surface area contributed by atoms with Crippen LogP contribution in [0.1, 0.15) is 31.4 Å². The van der Waals surface area contributed by atoms with Gasteiger partial charge in [0.05, 0.1) is 17.8 Å². The molecule has 0 saturated heterocycles. The van der Waals surface area contributed by atoms with Crippen LogP contribution in [0.2, 0.25) is 0 Å². The van der Waals surface area contributed by atoms with Crippen molar-refractivity contribution in [1.82, 2.24) is 20.3 Å². The number of urea groups is 1. The van der Waals surface area contributed by atoms with Crippen LogP contribution in [0.4, 0.5) is 16.4 Å². The number of fused-ring (bicyclic) bond motifs is 1. The smallest absolute Gasteiger partial charge is 0.321 e. The highest BCUT2D eigenvalue weighted by Gasteiger charge is 2.17. The summed E-state index contributed by atoms with van der Waals surface area (Å²) in [5.74, 6) is 0.305. The van der Waals surface area contributed by atoms with E-state index in [1.54, 1.807) is 12.4 Å². The first-order chi connectivity index (χ1) is 13.3. The minimum Gasteiger partial charge on any atom is -0.379 e. The first kappa shape index (κ1) is 17.2. The third-order valence-corrected chi connectivity index (χ3v) is 4.70. The second-order valence-corrected chi connectivity index (χ2v) is 6.72.